The average molecular weight is 303 g/mol. The number of sulfonamides is 1. The zero-order chi connectivity index (χ0) is 15.0. The first-order chi connectivity index (χ1) is 9.95. The molecule has 3 rings (SSSR count). The Bertz CT molecular complexity index is 760. The van der Waals surface area contributed by atoms with Gasteiger partial charge in [0, 0.05) is 17.6 Å². The SMILES string of the molecule is Nc1ccc(NC2CC2c2ccccc2)c(S(N)(=O)=O)c1. The highest BCUT2D eigenvalue weighted by molar-refractivity contribution is 7.89. The van der Waals surface area contributed by atoms with Gasteiger partial charge in [0.05, 0.1) is 5.69 Å². The number of anilines is 2. The van der Waals surface area contributed by atoms with Gasteiger partial charge in [-0.05, 0) is 30.2 Å². The molecule has 1 saturated carbocycles. The third-order valence-corrected chi connectivity index (χ3v) is 4.62. The summed E-state index contributed by atoms with van der Waals surface area (Å²) in [7, 11) is -3.80. The summed E-state index contributed by atoms with van der Waals surface area (Å²) in [5.74, 6) is 0.400. The molecule has 0 spiro atoms. The molecule has 0 amide bonds. The summed E-state index contributed by atoms with van der Waals surface area (Å²) in [6.07, 6.45) is 0.971. The van der Waals surface area contributed by atoms with E-state index in [2.05, 4.69) is 17.4 Å². The first-order valence-corrected chi connectivity index (χ1v) is 8.23. The normalized spacial score (nSPS) is 21.0. The molecule has 110 valence electrons. The first-order valence-electron chi connectivity index (χ1n) is 6.69. The second kappa shape index (κ2) is 5.05. The van der Waals surface area contributed by atoms with E-state index in [1.807, 2.05) is 18.2 Å². The van der Waals surface area contributed by atoms with Crippen molar-refractivity contribution in [3.8, 4) is 0 Å². The summed E-state index contributed by atoms with van der Waals surface area (Å²) in [5.41, 5.74) is 7.78. The Morgan fingerprint density at radius 1 is 1.10 bits per heavy atom. The van der Waals surface area contributed by atoms with Crippen molar-refractivity contribution in [1.82, 2.24) is 0 Å². The number of nitrogens with one attached hydrogen (secondary N) is 1. The number of primary sulfonamides is 1. The van der Waals surface area contributed by atoms with E-state index < -0.39 is 10.0 Å². The monoisotopic (exact) mass is 303 g/mol. The Labute approximate surface area is 124 Å². The Hall–Kier alpha value is -2.05. The Balaban J connectivity index is 1.81. The lowest BCUT2D eigenvalue weighted by Crippen LogP contribution is -2.16. The molecule has 1 aliphatic rings. The van der Waals surface area contributed by atoms with Crippen LogP contribution in [0.25, 0.3) is 0 Å². The highest BCUT2D eigenvalue weighted by Crippen LogP contribution is 2.43. The maximum Gasteiger partial charge on any atom is 0.240 e. The van der Waals surface area contributed by atoms with Gasteiger partial charge in [0.1, 0.15) is 4.90 Å². The second-order valence-corrected chi connectivity index (χ2v) is 6.83. The fraction of sp³-hybridized carbons (Fsp3) is 0.200. The van der Waals surface area contributed by atoms with Crippen LogP contribution in [0, 0.1) is 0 Å². The van der Waals surface area contributed by atoms with E-state index in [1.54, 1.807) is 12.1 Å². The minimum Gasteiger partial charge on any atom is -0.399 e. The van der Waals surface area contributed by atoms with Crippen molar-refractivity contribution in [2.45, 2.75) is 23.3 Å². The maximum atomic E-state index is 11.6. The molecule has 2 unspecified atom stereocenters. The molecule has 0 bridgehead atoms. The zero-order valence-electron chi connectivity index (χ0n) is 11.4. The van der Waals surface area contributed by atoms with Crippen molar-refractivity contribution in [2.75, 3.05) is 11.1 Å². The van der Waals surface area contributed by atoms with Crippen LogP contribution in [0.3, 0.4) is 0 Å². The van der Waals surface area contributed by atoms with Gasteiger partial charge in [-0.15, -0.1) is 0 Å². The van der Waals surface area contributed by atoms with Gasteiger partial charge in [-0.3, -0.25) is 0 Å². The third kappa shape index (κ3) is 3.01. The van der Waals surface area contributed by atoms with Crippen molar-refractivity contribution in [2.24, 2.45) is 5.14 Å². The molecule has 0 aliphatic heterocycles. The van der Waals surface area contributed by atoms with Gasteiger partial charge in [-0.2, -0.15) is 0 Å². The van der Waals surface area contributed by atoms with Gasteiger partial charge in [-0.1, -0.05) is 30.3 Å². The molecule has 2 atom stereocenters. The molecule has 0 saturated heterocycles. The molecular formula is C15H17N3O2S. The van der Waals surface area contributed by atoms with Crippen molar-refractivity contribution in [1.29, 1.82) is 0 Å². The van der Waals surface area contributed by atoms with Crippen LogP contribution in [0.5, 0.6) is 0 Å². The van der Waals surface area contributed by atoms with E-state index in [1.165, 1.54) is 11.6 Å². The lowest BCUT2D eigenvalue weighted by Gasteiger charge is -2.11. The van der Waals surface area contributed by atoms with Crippen LogP contribution >= 0.6 is 0 Å². The van der Waals surface area contributed by atoms with Gasteiger partial charge in [0.25, 0.3) is 0 Å². The van der Waals surface area contributed by atoms with Gasteiger partial charge >= 0.3 is 0 Å². The number of hydrogen-bond acceptors (Lipinski definition) is 4. The Kier molecular flexibility index (Phi) is 3.35. The molecular weight excluding hydrogens is 286 g/mol. The molecule has 1 aliphatic carbocycles. The van der Waals surface area contributed by atoms with Gasteiger partial charge in [-0.25, -0.2) is 13.6 Å². The smallest absolute Gasteiger partial charge is 0.240 e. The van der Waals surface area contributed by atoms with E-state index in [4.69, 9.17) is 10.9 Å². The van der Waals surface area contributed by atoms with Crippen LogP contribution in [-0.2, 0) is 10.0 Å². The van der Waals surface area contributed by atoms with E-state index in [9.17, 15) is 8.42 Å². The fourth-order valence-electron chi connectivity index (χ4n) is 2.52. The zero-order valence-corrected chi connectivity index (χ0v) is 12.2. The van der Waals surface area contributed by atoms with E-state index >= 15 is 0 Å². The lowest BCUT2D eigenvalue weighted by molar-refractivity contribution is 0.598. The second-order valence-electron chi connectivity index (χ2n) is 5.30. The van der Waals surface area contributed by atoms with Crippen molar-refractivity contribution >= 4 is 21.4 Å². The van der Waals surface area contributed by atoms with Crippen LogP contribution in [0.15, 0.2) is 53.4 Å². The molecule has 0 heterocycles. The average Bonchev–Trinajstić information content (AvgIpc) is 3.20. The van der Waals surface area contributed by atoms with Crippen molar-refractivity contribution < 1.29 is 8.42 Å². The first kappa shape index (κ1) is 13.9. The summed E-state index contributed by atoms with van der Waals surface area (Å²) in [4.78, 5) is 0.0428. The number of nitrogens with two attached hydrogens (primary N) is 2. The maximum absolute atomic E-state index is 11.6. The number of benzene rings is 2. The number of hydrogen-bond donors (Lipinski definition) is 3. The quantitative estimate of drug-likeness (QED) is 0.751. The van der Waals surface area contributed by atoms with Gasteiger partial charge < -0.3 is 11.1 Å². The molecule has 2 aromatic rings. The molecule has 0 radical (unpaired) electrons. The van der Waals surface area contributed by atoms with Crippen molar-refractivity contribution in [3.05, 3.63) is 54.1 Å². The minimum absolute atomic E-state index is 0.0428. The summed E-state index contributed by atoms with van der Waals surface area (Å²) in [6, 6.07) is 15.1. The number of nitrogen functional groups attached to an aromatic ring is 1. The molecule has 5 N–H and O–H groups in total. The van der Waals surface area contributed by atoms with Crippen molar-refractivity contribution in [3.63, 3.8) is 0 Å². The molecule has 5 nitrogen and oxygen atoms in total. The third-order valence-electron chi connectivity index (χ3n) is 3.67. The van der Waals surface area contributed by atoms with Crippen LogP contribution in [0.1, 0.15) is 17.9 Å². The molecule has 21 heavy (non-hydrogen) atoms. The molecule has 2 aromatic carbocycles. The van der Waals surface area contributed by atoms with E-state index in [0.717, 1.165) is 6.42 Å². The topological polar surface area (TPSA) is 98.2 Å². The van der Waals surface area contributed by atoms with E-state index in [0.29, 0.717) is 17.3 Å². The Morgan fingerprint density at radius 3 is 2.48 bits per heavy atom. The van der Waals surface area contributed by atoms with Crippen LogP contribution in [0.2, 0.25) is 0 Å². The summed E-state index contributed by atoms with van der Waals surface area (Å²) >= 11 is 0. The van der Waals surface area contributed by atoms with Crippen LogP contribution in [-0.4, -0.2) is 14.5 Å². The summed E-state index contributed by atoms with van der Waals surface area (Å²) < 4.78 is 23.3. The number of rotatable bonds is 4. The minimum atomic E-state index is -3.80. The molecule has 1 fully saturated rings. The molecule has 0 aromatic heterocycles. The van der Waals surface area contributed by atoms with E-state index in [-0.39, 0.29) is 10.9 Å². The predicted molar refractivity (Wildman–Crippen MR) is 83.4 cm³/mol. The summed E-state index contributed by atoms with van der Waals surface area (Å²) in [6.45, 7) is 0. The molecule has 6 heteroatoms. The largest absolute Gasteiger partial charge is 0.399 e. The van der Waals surface area contributed by atoms with Crippen LogP contribution < -0.4 is 16.2 Å². The van der Waals surface area contributed by atoms with Gasteiger partial charge in [0.15, 0.2) is 0 Å². The highest BCUT2D eigenvalue weighted by Gasteiger charge is 2.38. The highest BCUT2D eigenvalue weighted by atomic mass is 32.2. The van der Waals surface area contributed by atoms with Crippen LogP contribution in [0.4, 0.5) is 11.4 Å². The lowest BCUT2D eigenvalue weighted by atomic mass is 10.1. The van der Waals surface area contributed by atoms with Gasteiger partial charge in [0.2, 0.25) is 10.0 Å². The standard InChI is InChI=1S/C15H17N3O2S/c16-11-6-7-13(15(8-11)21(17,19)20)18-14-9-12(14)10-4-2-1-3-5-10/h1-8,12,14,18H,9,16H2,(H2,17,19,20). The summed E-state index contributed by atoms with van der Waals surface area (Å²) in [5, 5.41) is 8.50. The Morgan fingerprint density at radius 2 is 1.81 bits per heavy atom. The fourth-order valence-corrected chi connectivity index (χ4v) is 3.25. The predicted octanol–water partition coefficient (Wildman–Crippen LogP) is 1.88.